The van der Waals surface area contributed by atoms with Crippen molar-refractivity contribution in [1.82, 2.24) is 9.59 Å². The van der Waals surface area contributed by atoms with Crippen LogP contribution in [-0.4, -0.2) is 22.2 Å². The lowest BCUT2D eigenvalue weighted by Gasteiger charge is -2.12. The van der Waals surface area contributed by atoms with Crippen molar-refractivity contribution in [2.75, 3.05) is 11.9 Å². The number of ether oxygens (including phenoxy) is 1. The summed E-state index contributed by atoms with van der Waals surface area (Å²) in [5.41, 5.74) is 0.933. The molecule has 1 atom stereocenters. The van der Waals surface area contributed by atoms with Gasteiger partial charge < -0.3 is 10.1 Å². The molecule has 0 aliphatic carbocycles. The summed E-state index contributed by atoms with van der Waals surface area (Å²) in [4.78, 5) is 0. The maximum absolute atomic E-state index is 5.82. The molecule has 1 N–H and O–H groups in total. The Hall–Kier alpha value is -0.680. The first-order valence-corrected chi connectivity index (χ1v) is 7.71. The number of nitrogens with zero attached hydrogens (tertiary/aromatic N) is 2. The van der Waals surface area contributed by atoms with Gasteiger partial charge in [-0.15, -0.1) is 5.10 Å². The average molecular weight is 271 g/mol. The fourth-order valence-corrected chi connectivity index (χ4v) is 2.40. The molecule has 0 amide bonds. The molecule has 0 saturated heterocycles. The third-order valence-electron chi connectivity index (χ3n) is 2.86. The SMILES string of the molecule is CCCCCCC(C)OCc1nnsc1NCC. The van der Waals surface area contributed by atoms with Gasteiger partial charge in [-0.3, -0.25) is 0 Å². The highest BCUT2D eigenvalue weighted by molar-refractivity contribution is 7.10. The van der Waals surface area contributed by atoms with Gasteiger partial charge in [0.1, 0.15) is 10.7 Å². The molecule has 0 aromatic carbocycles. The third-order valence-corrected chi connectivity index (χ3v) is 3.59. The highest BCUT2D eigenvalue weighted by Gasteiger charge is 2.09. The molecule has 0 aliphatic heterocycles. The van der Waals surface area contributed by atoms with Crippen molar-refractivity contribution in [1.29, 1.82) is 0 Å². The molecule has 0 saturated carbocycles. The lowest BCUT2D eigenvalue weighted by atomic mass is 10.1. The predicted octanol–water partition coefficient (Wildman–Crippen LogP) is 3.85. The Morgan fingerprint density at radius 3 is 2.83 bits per heavy atom. The molecule has 1 rings (SSSR count). The van der Waals surface area contributed by atoms with Gasteiger partial charge >= 0.3 is 0 Å². The minimum atomic E-state index is 0.304. The van der Waals surface area contributed by atoms with Crippen LogP contribution >= 0.6 is 11.5 Å². The van der Waals surface area contributed by atoms with Gasteiger partial charge in [-0.05, 0) is 20.3 Å². The van der Waals surface area contributed by atoms with Crippen LogP contribution in [0.3, 0.4) is 0 Å². The second-order valence-corrected chi connectivity index (χ2v) is 5.30. The zero-order valence-corrected chi connectivity index (χ0v) is 12.6. The number of nitrogens with one attached hydrogen (secondary N) is 1. The lowest BCUT2D eigenvalue weighted by Crippen LogP contribution is -2.09. The van der Waals surface area contributed by atoms with Gasteiger partial charge in [-0.2, -0.15) is 0 Å². The quantitative estimate of drug-likeness (QED) is 0.657. The number of anilines is 1. The Kier molecular flexibility index (Phi) is 7.93. The molecular weight excluding hydrogens is 246 g/mol. The molecule has 0 radical (unpaired) electrons. The molecule has 0 spiro atoms. The summed E-state index contributed by atoms with van der Waals surface area (Å²) in [6, 6.07) is 0. The molecule has 0 fully saturated rings. The zero-order valence-electron chi connectivity index (χ0n) is 11.7. The van der Waals surface area contributed by atoms with E-state index in [1.165, 1.54) is 37.2 Å². The Labute approximate surface area is 114 Å². The van der Waals surface area contributed by atoms with E-state index in [1.807, 2.05) is 0 Å². The Balaban J connectivity index is 2.20. The van der Waals surface area contributed by atoms with Gasteiger partial charge in [0.25, 0.3) is 0 Å². The Morgan fingerprint density at radius 2 is 2.11 bits per heavy atom. The number of hydrogen-bond acceptors (Lipinski definition) is 5. The minimum Gasteiger partial charge on any atom is -0.374 e. The van der Waals surface area contributed by atoms with Crippen LogP contribution in [0.5, 0.6) is 0 Å². The van der Waals surface area contributed by atoms with Crippen LogP contribution in [0.2, 0.25) is 0 Å². The zero-order chi connectivity index (χ0) is 13.2. The van der Waals surface area contributed by atoms with E-state index in [0.29, 0.717) is 12.7 Å². The van der Waals surface area contributed by atoms with E-state index in [4.69, 9.17) is 4.74 Å². The highest BCUT2D eigenvalue weighted by Crippen LogP contribution is 2.19. The fraction of sp³-hybridized carbons (Fsp3) is 0.846. The molecule has 0 bridgehead atoms. The van der Waals surface area contributed by atoms with Gasteiger partial charge in [0.05, 0.1) is 12.7 Å². The lowest BCUT2D eigenvalue weighted by molar-refractivity contribution is 0.0443. The molecule has 4 nitrogen and oxygen atoms in total. The van der Waals surface area contributed by atoms with E-state index in [9.17, 15) is 0 Å². The second kappa shape index (κ2) is 9.28. The van der Waals surface area contributed by atoms with E-state index in [2.05, 4.69) is 35.7 Å². The summed E-state index contributed by atoms with van der Waals surface area (Å²) >= 11 is 1.40. The number of aromatic nitrogens is 2. The predicted molar refractivity (Wildman–Crippen MR) is 77.1 cm³/mol. The first-order chi connectivity index (χ1) is 8.77. The third kappa shape index (κ3) is 5.78. The molecule has 1 heterocycles. The summed E-state index contributed by atoms with van der Waals surface area (Å²) < 4.78 is 9.77. The first kappa shape index (κ1) is 15.4. The van der Waals surface area contributed by atoms with E-state index >= 15 is 0 Å². The average Bonchev–Trinajstić information content (AvgIpc) is 2.80. The molecule has 104 valence electrons. The Bertz CT molecular complexity index is 317. The summed E-state index contributed by atoms with van der Waals surface area (Å²) in [6.07, 6.45) is 6.61. The molecule has 18 heavy (non-hydrogen) atoms. The van der Waals surface area contributed by atoms with Crippen LogP contribution in [0, 0.1) is 0 Å². The van der Waals surface area contributed by atoms with Crippen molar-refractivity contribution in [2.45, 2.75) is 65.6 Å². The number of hydrogen-bond donors (Lipinski definition) is 1. The molecule has 0 aliphatic rings. The largest absolute Gasteiger partial charge is 0.374 e. The molecule has 1 aromatic rings. The van der Waals surface area contributed by atoms with Gasteiger partial charge in [0.2, 0.25) is 0 Å². The van der Waals surface area contributed by atoms with Crippen LogP contribution in [-0.2, 0) is 11.3 Å². The van der Waals surface area contributed by atoms with Crippen LogP contribution in [0.4, 0.5) is 5.00 Å². The monoisotopic (exact) mass is 271 g/mol. The summed E-state index contributed by atoms with van der Waals surface area (Å²) in [7, 11) is 0. The maximum atomic E-state index is 5.82. The van der Waals surface area contributed by atoms with Crippen molar-refractivity contribution in [3.8, 4) is 0 Å². The van der Waals surface area contributed by atoms with Crippen molar-refractivity contribution in [3.05, 3.63) is 5.69 Å². The van der Waals surface area contributed by atoms with E-state index < -0.39 is 0 Å². The fourth-order valence-electron chi connectivity index (χ4n) is 1.76. The van der Waals surface area contributed by atoms with Crippen molar-refractivity contribution < 1.29 is 4.74 Å². The van der Waals surface area contributed by atoms with Crippen molar-refractivity contribution >= 4 is 16.5 Å². The van der Waals surface area contributed by atoms with Crippen molar-refractivity contribution in [3.63, 3.8) is 0 Å². The standard InChI is InChI=1S/C13H25N3OS/c1-4-6-7-8-9-11(3)17-10-12-13(14-5-2)18-16-15-12/h11,14H,4-10H2,1-3H3. The van der Waals surface area contributed by atoms with Gasteiger partial charge in [0, 0.05) is 18.1 Å². The van der Waals surface area contributed by atoms with Crippen LogP contribution in [0.1, 0.15) is 58.6 Å². The van der Waals surface area contributed by atoms with Crippen molar-refractivity contribution in [2.24, 2.45) is 0 Å². The van der Waals surface area contributed by atoms with E-state index in [-0.39, 0.29) is 0 Å². The molecule has 5 heteroatoms. The smallest absolute Gasteiger partial charge is 0.135 e. The highest BCUT2D eigenvalue weighted by atomic mass is 32.1. The summed E-state index contributed by atoms with van der Waals surface area (Å²) in [5.74, 6) is 0. The number of rotatable bonds is 10. The second-order valence-electron chi connectivity index (χ2n) is 4.55. The minimum absolute atomic E-state index is 0.304. The van der Waals surface area contributed by atoms with Gasteiger partial charge in [-0.1, -0.05) is 37.1 Å². The van der Waals surface area contributed by atoms with Crippen LogP contribution in [0.15, 0.2) is 0 Å². The first-order valence-electron chi connectivity index (χ1n) is 6.94. The van der Waals surface area contributed by atoms with E-state index in [0.717, 1.165) is 23.7 Å². The molecule has 1 unspecified atom stereocenters. The topological polar surface area (TPSA) is 47.0 Å². The number of unbranched alkanes of at least 4 members (excludes halogenated alkanes) is 3. The summed E-state index contributed by atoms with van der Waals surface area (Å²) in [5, 5.41) is 8.39. The summed E-state index contributed by atoms with van der Waals surface area (Å²) in [6.45, 7) is 7.90. The normalized spacial score (nSPS) is 12.6. The Morgan fingerprint density at radius 1 is 1.28 bits per heavy atom. The van der Waals surface area contributed by atoms with Crippen LogP contribution < -0.4 is 5.32 Å². The van der Waals surface area contributed by atoms with E-state index in [1.54, 1.807) is 0 Å². The van der Waals surface area contributed by atoms with Gasteiger partial charge in [-0.25, -0.2) is 0 Å². The maximum Gasteiger partial charge on any atom is 0.135 e. The van der Waals surface area contributed by atoms with Crippen LogP contribution in [0.25, 0.3) is 0 Å². The molecule has 1 aromatic heterocycles. The molecular formula is C13H25N3OS. The van der Waals surface area contributed by atoms with Gasteiger partial charge in [0.15, 0.2) is 0 Å².